The SMILES string of the molecule is CC(=O)c1c(C)[nH]c(C(=O)O[C@H](C)C(=O)c2cc(C)n(-c3ccccc3)c2C)c1C. The topological polar surface area (TPSA) is 81.2 Å². The zero-order chi connectivity index (χ0) is 22.2. The van der Waals surface area contributed by atoms with Crippen molar-refractivity contribution in [2.75, 3.05) is 0 Å². The fraction of sp³-hybridized carbons (Fsp3) is 0.292. The van der Waals surface area contributed by atoms with Crippen molar-refractivity contribution in [1.29, 1.82) is 0 Å². The van der Waals surface area contributed by atoms with Gasteiger partial charge < -0.3 is 14.3 Å². The number of nitrogens with zero attached hydrogens (tertiary/aromatic N) is 1. The predicted octanol–water partition coefficient (Wildman–Crippen LogP) is 4.67. The number of hydrogen-bond acceptors (Lipinski definition) is 4. The summed E-state index contributed by atoms with van der Waals surface area (Å²) in [5.41, 5.74) is 5.01. The Kier molecular flexibility index (Phi) is 5.78. The van der Waals surface area contributed by atoms with Crippen molar-refractivity contribution in [3.63, 3.8) is 0 Å². The van der Waals surface area contributed by atoms with Crippen LogP contribution in [0.3, 0.4) is 0 Å². The number of rotatable bonds is 6. The molecule has 0 bridgehead atoms. The van der Waals surface area contributed by atoms with E-state index in [1.54, 1.807) is 20.8 Å². The van der Waals surface area contributed by atoms with E-state index in [1.165, 1.54) is 6.92 Å². The van der Waals surface area contributed by atoms with E-state index in [2.05, 4.69) is 4.98 Å². The molecule has 3 aromatic rings. The van der Waals surface area contributed by atoms with Gasteiger partial charge in [0.05, 0.1) is 0 Å². The van der Waals surface area contributed by atoms with Crippen LogP contribution in [0.1, 0.15) is 67.7 Å². The van der Waals surface area contributed by atoms with Crippen molar-refractivity contribution in [3.05, 3.63) is 75.9 Å². The van der Waals surface area contributed by atoms with Crippen LogP contribution in [-0.4, -0.2) is 33.2 Å². The fourth-order valence-electron chi connectivity index (χ4n) is 3.96. The number of aryl methyl sites for hydroxylation is 2. The molecule has 1 N–H and O–H groups in total. The Bertz CT molecular complexity index is 1140. The maximum atomic E-state index is 13.0. The predicted molar refractivity (Wildman–Crippen MR) is 115 cm³/mol. The molecule has 0 spiro atoms. The summed E-state index contributed by atoms with van der Waals surface area (Å²) in [6, 6.07) is 11.6. The molecular weight excluding hydrogens is 380 g/mol. The van der Waals surface area contributed by atoms with Gasteiger partial charge in [0, 0.05) is 33.9 Å². The summed E-state index contributed by atoms with van der Waals surface area (Å²) in [5, 5.41) is 0. The first kappa shape index (κ1) is 21.3. The molecule has 0 amide bonds. The lowest BCUT2D eigenvalue weighted by molar-refractivity contribution is 0.0312. The van der Waals surface area contributed by atoms with Crippen molar-refractivity contribution in [2.24, 2.45) is 0 Å². The first-order chi connectivity index (χ1) is 14.1. The highest BCUT2D eigenvalue weighted by Gasteiger charge is 2.27. The van der Waals surface area contributed by atoms with Crippen LogP contribution in [-0.2, 0) is 4.74 Å². The van der Waals surface area contributed by atoms with Gasteiger partial charge in [0.2, 0.25) is 5.78 Å². The number of ether oxygens (including phenoxy) is 1. The van der Waals surface area contributed by atoms with Crippen LogP contribution in [0.2, 0.25) is 0 Å². The van der Waals surface area contributed by atoms with Gasteiger partial charge in [0.25, 0.3) is 0 Å². The number of hydrogen-bond donors (Lipinski definition) is 1. The summed E-state index contributed by atoms with van der Waals surface area (Å²) in [7, 11) is 0. The maximum Gasteiger partial charge on any atom is 0.355 e. The van der Waals surface area contributed by atoms with Gasteiger partial charge in [-0.3, -0.25) is 9.59 Å². The number of esters is 1. The first-order valence-corrected chi connectivity index (χ1v) is 9.83. The molecule has 0 aliphatic carbocycles. The van der Waals surface area contributed by atoms with Crippen LogP contribution in [0.4, 0.5) is 0 Å². The lowest BCUT2D eigenvalue weighted by Gasteiger charge is -2.13. The number of para-hydroxylation sites is 1. The Labute approximate surface area is 175 Å². The van der Waals surface area contributed by atoms with Crippen molar-refractivity contribution < 1.29 is 19.1 Å². The molecule has 6 heteroatoms. The van der Waals surface area contributed by atoms with Gasteiger partial charge in [-0.25, -0.2) is 4.79 Å². The molecule has 156 valence electrons. The molecule has 0 saturated heterocycles. The summed E-state index contributed by atoms with van der Waals surface area (Å²) in [4.78, 5) is 40.4. The molecule has 6 nitrogen and oxygen atoms in total. The molecule has 0 saturated carbocycles. The number of H-pyrrole nitrogens is 1. The van der Waals surface area contributed by atoms with Gasteiger partial charge in [-0.2, -0.15) is 0 Å². The lowest BCUT2D eigenvalue weighted by Crippen LogP contribution is -2.25. The van der Waals surface area contributed by atoms with Crippen molar-refractivity contribution >= 4 is 17.5 Å². The van der Waals surface area contributed by atoms with Gasteiger partial charge in [-0.1, -0.05) is 18.2 Å². The Hall–Kier alpha value is -3.41. The second kappa shape index (κ2) is 8.14. The standard InChI is InChI=1S/C24H26N2O4/c1-13-12-20(16(4)26(13)19-10-8-7-9-11-19)23(28)18(6)30-24(29)22-14(2)21(17(5)27)15(3)25-22/h7-12,18,25H,1-6H3/t18-/m1/s1. The van der Waals surface area contributed by atoms with Crippen LogP contribution in [0.25, 0.3) is 5.69 Å². The van der Waals surface area contributed by atoms with Crippen molar-refractivity contribution in [1.82, 2.24) is 9.55 Å². The van der Waals surface area contributed by atoms with Gasteiger partial charge in [0.1, 0.15) is 5.69 Å². The molecular formula is C24H26N2O4. The van der Waals surface area contributed by atoms with Crippen LogP contribution >= 0.6 is 0 Å². The Balaban J connectivity index is 1.85. The van der Waals surface area contributed by atoms with Crippen LogP contribution in [0, 0.1) is 27.7 Å². The molecule has 1 atom stereocenters. The molecule has 2 heterocycles. The third kappa shape index (κ3) is 3.73. The molecule has 0 unspecified atom stereocenters. The Morgan fingerprint density at radius 1 is 1.03 bits per heavy atom. The number of ketones is 2. The number of aromatic nitrogens is 2. The number of carbonyl (C=O) groups is 3. The maximum absolute atomic E-state index is 13.0. The molecule has 0 fully saturated rings. The smallest absolute Gasteiger partial charge is 0.355 e. The third-order valence-electron chi connectivity index (χ3n) is 5.36. The lowest BCUT2D eigenvalue weighted by atomic mass is 10.1. The summed E-state index contributed by atoms with van der Waals surface area (Å²) in [5.74, 6) is -1.05. The van der Waals surface area contributed by atoms with Crippen LogP contribution in [0.15, 0.2) is 36.4 Å². The summed E-state index contributed by atoms with van der Waals surface area (Å²) < 4.78 is 7.45. The van der Waals surface area contributed by atoms with Crippen LogP contribution < -0.4 is 0 Å². The van der Waals surface area contributed by atoms with E-state index in [0.717, 1.165) is 17.1 Å². The van der Waals surface area contributed by atoms with Crippen LogP contribution in [0.5, 0.6) is 0 Å². The number of Topliss-reactive ketones (excluding diaryl/α,β-unsaturated/α-hetero) is 2. The molecule has 30 heavy (non-hydrogen) atoms. The average Bonchev–Trinajstić information content (AvgIpc) is 3.16. The Morgan fingerprint density at radius 2 is 1.67 bits per heavy atom. The highest BCUT2D eigenvalue weighted by molar-refractivity contribution is 6.04. The van der Waals surface area contributed by atoms with Gasteiger partial charge in [-0.05, 0) is 65.3 Å². The monoisotopic (exact) mass is 406 g/mol. The quantitative estimate of drug-likeness (QED) is 0.476. The van der Waals surface area contributed by atoms with Crippen molar-refractivity contribution in [2.45, 2.75) is 47.6 Å². The summed E-state index contributed by atoms with van der Waals surface area (Å²) >= 11 is 0. The van der Waals surface area contributed by atoms with E-state index in [-0.39, 0.29) is 17.3 Å². The van der Waals surface area contributed by atoms with E-state index >= 15 is 0 Å². The largest absolute Gasteiger partial charge is 0.450 e. The second-order valence-corrected chi connectivity index (χ2v) is 7.55. The van der Waals surface area contributed by atoms with Gasteiger partial charge in [-0.15, -0.1) is 0 Å². The Morgan fingerprint density at radius 3 is 2.23 bits per heavy atom. The average molecular weight is 406 g/mol. The van der Waals surface area contributed by atoms with Gasteiger partial charge in [0.15, 0.2) is 11.9 Å². The number of aromatic amines is 1. The summed E-state index contributed by atoms with van der Waals surface area (Å²) in [6.45, 7) is 10.2. The normalized spacial score (nSPS) is 11.9. The van der Waals surface area contributed by atoms with E-state index in [0.29, 0.717) is 22.4 Å². The van der Waals surface area contributed by atoms with E-state index in [1.807, 2.05) is 54.8 Å². The number of nitrogens with one attached hydrogen (secondary N) is 1. The summed E-state index contributed by atoms with van der Waals surface area (Å²) in [6.07, 6.45) is -0.967. The second-order valence-electron chi connectivity index (χ2n) is 7.55. The van der Waals surface area contributed by atoms with Gasteiger partial charge >= 0.3 is 5.97 Å². The van der Waals surface area contributed by atoms with E-state index < -0.39 is 12.1 Å². The minimum absolute atomic E-state index is 0.127. The van der Waals surface area contributed by atoms with E-state index in [4.69, 9.17) is 4.74 Å². The number of benzene rings is 1. The molecule has 0 aliphatic heterocycles. The molecule has 1 aromatic carbocycles. The zero-order valence-electron chi connectivity index (χ0n) is 18.1. The molecule has 0 aliphatic rings. The zero-order valence-corrected chi connectivity index (χ0v) is 18.1. The minimum Gasteiger partial charge on any atom is -0.450 e. The molecule has 0 radical (unpaired) electrons. The number of carbonyl (C=O) groups excluding carboxylic acids is 3. The fourth-order valence-corrected chi connectivity index (χ4v) is 3.96. The van der Waals surface area contributed by atoms with Crippen molar-refractivity contribution in [3.8, 4) is 5.69 Å². The highest BCUT2D eigenvalue weighted by Crippen LogP contribution is 2.24. The third-order valence-corrected chi connectivity index (χ3v) is 5.36. The first-order valence-electron chi connectivity index (χ1n) is 9.83. The minimum atomic E-state index is -0.967. The highest BCUT2D eigenvalue weighted by atomic mass is 16.5. The molecule has 2 aromatic heterocycles. The molecule has 3 rings (SSSR count). The van der Waals surface area contributed by atoms with E-state index in [9.17, 15) is 14.4 Å².